The maximum Gasteiger partial charge on any atom is 0.134 e. The van der Waals surface area contributed by atoms with E-state index in [2.05, 4.69) is 58.4 Å². The maximum absolute atomic E-state index is 6.35. The molecule has 0 amide bonds. The van der Waals surface area contributed by atoms with E-state index in [0.29, 0.717) is 12.0 Å². The first kappa shape index (κ1) is 18.3. The van der Waals surface area contributed by atoms with Crippen molar-refractivity contribution in [3.8, 4) is 0 Å². The van der Waals surface area contributed by atoms with Crippen molar-refractivity contribution in [2.24, 2.45) is 0 Å². The van der Waals surface area contributed by atoms with Crippen LogP contribution in [0.25, 0.3) is 5.57 Å². The van der Waals surface area contributed by atoms with Crippen molar-refractivity contribution in [1.29, 1.82) is 0 Å². The first-order chi connectivity index (χ1) is 11.0. The molecule has 0 N–H and O–H groups in total. The lowest BCUT2D eigenvalue weighted by atomic mass is 9.94. The fourth-order valence-corrected chi connectivity index (χ4v) is 3.66. The second-order valence-electron chi connectivity index (χ2n) is 7.17. The summed E-state index contributed by atoms with van der Waals surface area (Å²) in [5.74, 6) is 0.563. The van der Waals surface area contributed by atoms with Gasteiger partial charge in [-0.05, 0) is 69.1 Å². The Kier molecular flexibility index (Phi) is 6.52. The third-order valence-electron chi connectivity index (χ3n) is 5.62. The van der Waals surface area contributed by atoms with Crippen molar-refractivity contribution >= 4 is 5.57 Å². The molecule has 1 aromatic rings. The second kappa shape index (κ2) is 8.19. The van der Waals surface area contributed by atoms with Crippen LogP contribution in [0.15, 0.2) is 17.8 Å². The lowest BCUT2D eigenvalue weighted by molar-refractivity contribution is -0.00322. The van der Waals surface area contributed by atoms with Crippen LogP contribution in [0.3, 0.4) is 0 Å². The summed E-state index contributed by atoms with van der Waals surface area (Å²) in [5, 5.41) is 0. The molecule has 0 radical (unpaired) electrons. The summed E-state index contributed by atoms with van der Waals surface area (Å²) in [7, 11) is 0. The minimum Gasteiger partial charge on any atom is -0.355 e. The molecule has 1 saturated heterocycles. The van der Waals surface area contributed by atoms with Gasteiger partial charge in [0.15, 0.2) is 0 Å². The summed E-state index contributed by atoms with van der Waals surface area (Å²) in [6.07, 6.45) is 10.0. The van der Waals surface area contributed by atoms with Crippen LogP contribution in [0.4, 0.5) is 0 Å². The van der Waals surface area contributed by atoms with Gasteiger partial charge in [-0.1, -0.05) is 39.7 Å². The van der Waals surface area contributed by atoms with Crippen molar-refractivity contribution in [1.82, 2.24) is 4.57 Å². The van der Waals surface area contributed by atoms with E-state index in [9.17, 15) is 0 Å². The highest BCUT2D eigenvalue weighted by Gasteiger charge is 2.29. The molecule has 2 rings (SSSR count). The van der Waals surface area contributed by atoms with Crippen molar-refractivity contribution in [3.05, 3.63) is 29.1 Å². The van der Waals surface area contributed by atoms with E-state index < -0.39 is 0 Å². The molecule has 2 heterocycles. The van der Waals surface area contributed by atoms with Gasteiger partial charge in [-0.3, -0.25) is 0 Å². The number of hydrogen-bond donors (Lipinski definition) is 0. The van der Waals surface area contributed by atoms with Gasteiger partial charge in [-0.15, -0.1) is 0 Å². The molecule has 1 aliphatic rings. The molecule has 0 spiro atoms. The minimum atomic E-state index is 0.235. The fourth-order valence-electron chi connectivity index (χ4n) is 3.66. The first-order valence-electron chi connectivity index (χ1n) is 9.56. The van der Waals surface area contributed by atoms with E-state index in [0.717, 1.165) is 12.8 Å². The SMILES string of the molecule is CCCC1CCC(n2ccc(/C(C)=C(\C)CC)c2C(C)CC)O1. The molecule has 1 fully saturated rings. The number of aromatic nitrogens is 1. The van der Waals surface area contributed by atoms with Gasteiger partial charge < -0.3 is 9.30 Å². The maximum atomic E-state index is 6.35. The standard InChI is InChI=1S/C21H35NO/c1-7-10-18-11-12-20(23-18)22-14-13-19(17(6)15(4)8-2)21(22)16(5)9-3/h13-14,16,18,20H,7-12H2,1-6H3/b17-15+. The lowest BCUT2D eigenvalue weighted by Crippen LogP contribution is -2.15. The number of hydrogen-bond acceptors (Lipinski definition) is 1. The Balaban J connectivity index is 2.36. The third kappa shape index (κ3) is 3.91. The monoisotopic (exact) mass is 317 g/mol. The van der Waals surface area contributed by atoms with Crippen LogP contribution in [0, 0.1) is 0 Å². The highest BCUT2D eigenvalue weighted by Crippen LogP contribution is 2.38. The number of ether oxygens (including phenoxy) is 1. The molecule has 23 heavy (non-hydrogen) atoms. The smallest absolute Gasteiger partial charge is 0.134 e. The second-order valence-corrected chi connectivity index (χ2v) is 7.17. The normalized spacial score (nSPS) is 23.9. The Labute approximate surface area is 142 Å². The number of nitrogens with zero attached hydrogens (tertiary/aromatic N) is 1. The molecule has 2 heteroatoms. The predicted molar refractivity (Wildman–Crippen MR) is 99.7 cm³/mol. The topological polar surface area (TPSA) is 14.2 Å². The van der Waals surface area contributed by atoms with Crippen molar-refractivity contribution in [3.63, 3.8) is 0 Å². The first-order valence-corrected chi connectivity index (χ1v) is 9.56. The molecule has 1 aromatic heterocycles. The van der Waals surface area contributed by atoms with Gasteiger partial charge in [-0.25, -0.2) is 0 Å². The molecule has 130 valence electrons. The molecule has 0 bridgehead atoms. The van der Waals surface area contributed by atoms with E-state index >= 15 is 0 Å². The molecule has 2 nitrogen and oxygen atoms in total. The van der Waals surface area contributed by atoms with E-state index in [1.807, 2.05) is 0 Å². The predicted octanol–water partition coefficient (Wildman–Crippen LogP) is 6.68. The molecular formula is C21H35NO. The van der Waals surface area contributed by atoms with Crippen LogP contribution < -0.4 is 0 Å². The van der Waals surface area contributed by atoms with Gasteiger partial charge in [0.25, 0.3) is 0 Å². The minimum absolute atomic E-state index is 0.235. The lowest BCUT2D eigenvalue weighted by Gasteiger charge is -2.22. The zero-order valence-corrected chi connectivity index (χ0v) is 16.0. The average molecular weight is 318 g/mol. The quantitative estimate of drug-likeness (QED) is 0.547. The van der Waals surface area contributed by atoms with Crippen LogP contribution in [0.5, 0.6) is 0 Å². The zero-order valence-electron chi connectivity index (χ0n) is 16.0. The Morgan fingerprint density at radius 3 is 2.61 bits per heavy atom. The van der Waals surface area contributed by atoms with Gasteiger partial charge in [0.2, 0.25) is 0 Å². The van der Waals surface area contributed by atoms with Crippen LogP contribution in [0.2, 0.25) is 0 Å². The van der Waals surface area contributed by atoms with Crippen molar-refractivity contribution in [2.45, 2.75) is 98.3 Å². The Morgan fingerprint density at radius 1 is 1.26 bits per heavy atom. The van der Waals surface area contributed by atoms with Gasteiger partial charge in [0.1, 0.15) is 6.23 Å². The summed E-state index contributed by atoms with van der Waals surface area (Å²) in [6, 6.07) is 2.31. The van der Waals surface area contributed by atoms with E-state index in [4.69, 9.17) is 4.74 Å². The van der Waals surface area contributed by atoms with E-state index in [-0.39, 0.29) is 6.23 Å². The van der Waals surface area contributed by atoms with Gasteiger partial charge in [0.05, 0.1) is 6.10 Å². The van der Waals surface area contributed by atoms with Crippen molar-refractivity contribution < 1.29 is 4.74 Å². The van der Waals surface area contributed by atoms with E-state index in [1.165, 1.54) is 48.1 Å². The molecule has 0 saturated carbocycles. The molecule has 3 atom stereocenters. The Hall–Kier alpha value is -1.02. The van der Waals surface area contributed by atoms with Crippen LogP contribution in [-0.4, -0.2) is 10.7 Å². The summed E-state index contributed by atoms with van der Waals surface area (Å²) in [4.78, 5) is 0. The van der Waals surface area contributed by atoms with Crippen LogP contribution in [0.1, 0.15) is 103 Å². The molecule has 1 aliphatic heterocycles. The van der Waals surface area contributed by atoms with Crippen LogP contribution >= 0.6 is 0 Å². The summed E-state index contributed by atoms with van der Waals surface area (Å²) in [5.41, 5.74) is 5.84. The number of allylic oxidation sites excluding steroid dienone is 2. The highest BCUT2D eigenvalue weighted by molar-refractivity contribution is 5.69. The molecule has 3 unspecified atom stereocenters. The molecule has 0 aromatic carbocycles. The summed E-state index contributed by atoms with van der Waals surface area (Å²) < 4.78 is 8.79. The molecular weight excluding hydrogens is 282 g/mol. The summed E-state index contributed by atoms with van der Waals surface area (Å²) >= 11 is 0. The molecule has 0 aliphatic carbocycles. The third-order valence-corrected chi connectivity index (χ3v) is 5.62. The van der Waals surface area contributed by atoms with Gasteiger partial charge in [0, 0.05) is 11.9 Å². The van der Waals surface area contributed by atoms with Crippen molar-refractivity contribution in [2.75, 3.05) is 0 Å². The average Bonchev–Trinajstić information content (AvgIpc) is 3.19. The fraction of sp³-hybridized carbons (Fsp3) is 0.714. The van der Waals surface area contributed by atoms with Crippen LogP contribution in [-0.2, 0) is 4.74 Å². The largest absolute Gasteiger partial charge is 0.355 e. The zero-order chi connectivity index (χ0) is 17.0. The van der Waals surface area contributed by atoms with Gasteiger partial charge in [-0.2, -0.15) is 0 Å². The summed E-state index contributed by atoms with van der Waals surface area (Å²) in [6.45, 7) is 13.7. The Bertz CT molecular complexity index is 540. The number of rotatable bonds is 7. The van der Waals surface area contributed by atoms with E-state index in [1.54, 1.807) is 0 Å². The van der Waals surface area contributed by atoms with Gasteiger partial charge >= 0.3 is 0 Å². The Morgan fingerprint density at radius 2 is 2.00 bits per heavy atom. The highest BCUT2D eigenvalue weighted by atomic mass is 16.5.